The second kappa shape index (κ2) is 7.79. The maximum absolute atomic E-state index is 11.8. The smallest absolute Gasteiger partial charge is 0.313 e. The molecule has 4 nitrogen and oxygen atoms in total. The molecule has 0 aliphatic carbocycles. The molecule has 1 atom stereocenters. The highest BCUT2D eigenvalue weighted by molar-refractivity contribution is 6.18. The van der Waals surface area contributed by atoms with E-state index in [1.807, 2.05) is 6.92 Å². The fourth-order valence-electron chi connectivity index (χ4n) is 1.43. The second-order valence-electron chi connectivity index (χ2n) is 4.01. The van der Waals surface area contributed by atoms with Crippen molar-refractivity contribution in [2.45, 2.75) is 26.4 Å². The van der Waals surface area contributed by atoms with Gasteiger partial charge in [-0.05, 0) is 38.1 Å². The van der Waals surface area contributed by atoms with Gasteiger partial charge in [0, 0.05) is 5.56 Å². The van der Waals surface area contributed by atoms with E-state index >= 15 is 0 Å². The lowest BCUT2D eigenvalue weighted by Gasteiger charge is -2.11. The van der Waals surface area contributed by atoms with Gasteiger partial charge in [-0.15, -0.1) is 11.6 Å². The first-order valence-electron chi connectivity index (χ1n) is 6.08. The van der Waals surface area contributed by atoms with Crippen LogP contribution >= 0.6 is 11.6 Å². The molecule has 0 saturated heterocycles. The van der Waals surface area contributed by atoms with E-state index in [9.17, 15) is 9.59 Å². The first kappa shape index (κ1) is 15.5. The SMILES string of the molecule is CCOC(=O)CC(=O)c1ccc(OC(C)CCl)cc1. The number of halogens is 1. The topological polar surface area (TPSA) is 52.6 Å². The molecule has 0 saturated carbocycles. The van der Waals surface area contributed by atoms with Crippen molar-refractivity contribution >= 4 is 23.4 Å². The highest BCUT2D eigenvalue weighted by Crippen LogP contribution is 2.15. The van der Waals surface area contributed by atoms with Gasteiger partial charge in [0.2, 0.25) is 0 Å². The minimum atomic E-state index is -0.511. The van der Waals surface area contributed by atoms with Crippen molar-refractivity contribution in [2.24, 2.45) is 0 Å². The number of esters is 1. The summed E-state index contributed by atoms with van der Waals surface area (Å²) in [5.74, 6) is 0.253. The van der Waals surface area contributed by atoms with Gasteiger partial charge in [0.15, 0.2) is 5.78 Å². The number of Topliss-reactive ketones (excluding diaryl/α,β-unsaturated/α-hetero) is 1. The molecule has 1 aromatic carbocycles. The fourth-order valence-corrected chi connectivity index (χ4v) is 1.49. The van der Waals surface area contributed by atoms with Crippen LogP contribution in [0.5, 0.6) is 5.75 Å². The first-order valence-corrected chi connectivity index (χ1v) is 6.61. The molecule has 0 aliphatic rings. The van der Waals surface area contributed by atoms with Crippen molar-refractivity contribution in [1.29, 1.82) is 0 Å². The normalized spacial score (nSPS) is 11.7. The van der Waals surface area contributed by atoms with Crippen molar-refractivity contribution in [3.05, 3.63) is 29.8 Å². The number of ether oxygens (including phenoxy) is 2. The first-order chi connectivity index (χ1) is 9.06. The number of hydrogen-bond acceptors (Lipinski definition) is 4. The van der Waals surface area contributed by atoms with E-state index in [0.29, 0.717) is 17.2 Å². The van der Waals surface area contributed by atoms with Crippen LogP contribution in [0.2, 0.25) is 0 Å². The number of carbonyl (C=O) groups excluding carboxylic acids is 2. The van der Waals surface area contributed by atoms with Crippen LogP contribution < -0.4 is 4.74 Å². The monoisotopic (exact) mass is 284 g/mol. The maximum atomic E-state index is 11.8. The summed E-state index contributed by atoms with van der Waals surface area (Å²) >= 11 is 5.64. The predicted molar refractivity (Wildman–Crippen MR) is 72.8 cm³/mol. The van der Waals surface area contributed by atoms with E-state index in [2.05, 4.69) is 0 Å². The Morgan fingerprint density at radius 3 is 2.42 bits per heavy atom. The van der Waals surface area contributed by atoms with E-state index in [1.54, 1.807) is 31.2 Å². The van der Waals surface area contributed by atoms with Crippen molar-refractivity contribution < 1.29 is 19.1 Å². The molecule has 0 aromatic heterocycles. The Bertz CT molecular complexity index is 428. The highest BCUT2D eigenvalue weighted by atomic mass is 35.5. The minimum Gasteiger partial charge on any atom is -0.489 e. The van der Waals surface area contributed by atoms with Gasteiger partial charge >= 0.3 is 5.97 Å². The summed E-state index contributed by atoms with van der Waals surface area (Å²) in [5, 5.41) is 0. The lowest BCUT2D eigenvalue weighted by molar-refractivity contribution is -0.141. The molecule has 0 spiro atoms. The molecule has 0 amide bonds. The van der Waals surface area contributed by atoms with Gasteiger partial charge in [0.05, 0.1) is 12.5 Å². The predicted octanol–water partition coefficient (Wildman–Crippen LogP) is 2.83. The Balaban J connectivity index is 2.60. The number of hydrogen-bond donors (Lipinski definition) is 0. The molecule has 104 valence electrons. The molecule has 0 N–H and O–H groups in total. The standard InChI is InChI=1S/C14H17ClO4/c1-3-18-14(17)8-13(16)11-4-6-12(7-5-11)19-10(2)9-15/h4-7,10H,3,8-9H2,1-2H3. The average Bonchev–Trinajstić information content (AvgIpc) is 2.39. The van der Waals surface area contributed by atoms with Crippen molar-refractivity contribution in [3.8, 4) is 5.75 Å². The summed E-state index contributed by atoms with van der Waals surface area (Å²) in [6.07, 6.45) is -0.339. The summed E-state index contributed by atoms with van der Waals surface area (Å²) in [5.41, 5.74) is 0.457. The maximum Gasteiger partial charge on any atom is 0.313 e. The molecule has 1 unspecified atom stereocenters. The van der Waals surface area contributed by atoms with Crippen LogP contribution in [0.15, 0.2) is 24.3 Å². The Morgan fingerprint density at radius 1 is 1.26 bits per heavy atom. The zero-order valence-electron chi connectivity index (χ0n) is 11.0. The highest BCUT2D eigenvalue weighted by Gasteiger charge is 2.12. The second-order valence-corrected chi connectivity index (χ2v) is 4.32. The Labute approximate surface area is 117 Å². The zero-order valence-corrected chi connectivity index (χ0v) is 11.8. The third kappa shape index (κ3) is 5.30. The van der Waals surface area contributed by atoms with Gasteiger partial charge in [-0.25, -0.2) is 0 Å². The van der Waals surface area contributed by atoms with Crippen LogP contribution in [-0.2, 0) is 9.53 Å². The van der Waals surface area contributed by atoms with E-state index in [1.165, 1.54) is 0 Å². The van der Waals surface area contributed by atoms with Gasteiger partial charge in [-0.3, -0.25) is 9.59 Å². The molecular weight excluding hydrogens is 268 g/mol. The lowest BCUT2D eigenvalue weighted by atomic mass is 10.1. The third-order valence-corrected chi connectivity index (χ3v) is 2.78. The lowest BCUT2D eigenvalue weighted by Crippen LogP contribution is -2.13. The zero-order chi connectivity index (χ0) is 14.3. The Kier molecular flexibility index (Phi) is 6.36. The van der Waals surface area contributed by atoms with Gasteiger partial charge in [-0.2, -0.15) is 0 Å². The largest absolute Gasteiger partial charge is 0.489 e. The van der Waals surface area contributed by atoms with Crippen LogP contribution in [0.25, 0.3) is 0 Å². The van der Waals surface area contributed by atoms with Crippen LogP contribution in [0.4, 0.5) is 0 Å². The number of carbonyl (C=O) groups is 2. The Morgan fingerprint density at radius 2 is 1.89 bits per heavy atom. The van der Waals surface area contributed by atoms with Crippen LogP contribution in [0.1, 0.15) is 30.6 Å². The molecule has 0 fully saturated rings. The van der Waals surface area contributed by atoms with Crippen LogP contribution in [0, 0.1) is 0 Å². The summed E-state index contributed by atoms with van der Waals surface area (Å²) in [7, 11) is 0. The summed E-state index contributed by atoms with van der Waals surface area (Å²) in [6, 6.07) is 6.61. The fraction of sp³-hybridized carbons (Fsp3) is 0.429. The molecular formula is C14H17ClO4. The van der Waals surface area contributed by atoms with E-state index in [-0.39, 0.29) is 24.9 Å². The summed E-state index contributed by atoms with van der Waals surface area (Å²) < 4.78 is 10.2. The molecule has 0 aliphatic heterocycles. The van der Waals surface area contributed by atoms with E-state index in [0.717, 1.165) is 0 Å². The third-order valence-electron chi connectivity index (χ3n) is 2.34. The minimum absolute atomic E-state index is 0.0947. The van der Waals surface area contributed by atoms with Gasteiger partial charge in [0.1, 0.15) is 18.3 Å². The number of alkyl halides is 1. The molecule has 0 heterocycles. The molecule has 0 radical (unpaired) electrons. The van der Waals surface area contributed by atoms with Gasteiger partial charge in [-0.1, -0.05) is 0 Å². The molecule has 5 heteroatoms. The van der Waals surface area contributed by atoms with E-state index in [4.69, 9.17) is 21.1 Å². The van der Waals surface area contributed by atoms with Gasteiger partial charge in [0.25, 0.3) is 0 Å². The van der Waals surface area contributed by atoms with Crippen molar-refractivity contribution in [3.63, 3.8) is 0 Å². The Hall–Kier alpha value is -1.55. The quantitative estimate of drug-likeness (QED) is 0.334. The number of ketones is 1. The van der Waals surface area contributed by atoms with Crippen LogP contribution in [-0.4, -0.2) is 30.3 Å². The molecule has 0 bridgehead atoms. The summed E-state index contributed by atoms with van der Waals surface area (Å²) in [6.45, 7) is 3.83. The van der Waals surface area contributed by atoms with Gasteiger partial charge < -0.3 is 9.47 Å². The van der Waals surface area contributed by atoms with Crippen molar-refractivity contribution in [1.82, 2.24) is 0 Å². The van der Waals surface area contributed by atoms with Crippen LogP contribution in [0.3, 0.4) is 0 Å². The number of rotatable bonds is 7. The molecule has 19 heavy (non-hydrogen) atoms. The average molecular weight is 285 g/mol. The van der Waals surface area contributed by atoms with Crippen molar-refractivity contribution in [2.75, 3.05) is 12.5 Å². The molecule has 1 aromatic rings. The number of benzene rings is 1. The summed E-state index contributed by atoms with van der Waals surface area (Å²) in [4.78, 5) is 23.0. The van der Waals surface area contributed by atoms with E-state index < -0.39 is 5.97 Å². The molecule has 1 rings (SSSR count).